The first kappa shape index (κ1) is 13.5. The molecule has 17 heavy (non-hydrogen) atoms. The van der Waals surface area contributed by atoms with Gasteiger partial charge in [-0.25, -0.2) is 0 Å². The number of nitrogens with two attached hydrogens (primary N) is 1. The fourth-order valence-corrected chi connectivity index (χ4v) is 1.53. The number of amides is 1. The first-order chi connectivity index (χ1) is 8.15. The molecule has 1 aromatic rings. The smallest absolute Gasteiger partial charge is 0.219 e. The van der Waals surface area contributed by atoms with Gasteiger partial charge in [-0.15, -0.1) is 0 Å². The lowest BCUT2D eigenvalue weighted by Crippen LogP contribution is -2.18. The normalized spacial score (nSPS) is 11.9. The standard InChI is InChI=1S/C13H20N2O2/c1-10(14)11-6-3-4-7-12(11)17-9-5-8-13(16)15-2/h3-4,6-7,10H,5,8-9,14H2,1-2H3,(H,15,16)/t10-/m0/s1. The maximum atomic E-state index is 11.0. The Hall–Kier alpha value is -1.55. The quantitative estimate of drug-likeness (QED) is 0.737. The number of ether oxygens (including phenoxy) is 1. The third-order valence-electron chi connectivity index (χ3n) is 2.49. The van der Waals surface area contributed by atoms with E-state index in [1.807, 2.05) is 31.2 Å². The highest BCUT2D eigenvalue weighted by Crippen LogP contribution is 2.23. The fraction of sp³-hybridized carbons (Fsp3) is 0.462. The van der Waals surface area contributed by atoms with Gasteiger partial charge in [0.15, 0.2) is 0 Å². The minimum atomic E-state index is -0.0508. The van der Waals surface area contributed by atoms with E-state index in [1.54, 1.807) is 7.05 Å². The Balaban J connectivity index is 2.44. The lowest BCUT2D eigenvalue weighted by atomic mass is 10.1. The van der Waals surface area contributed by atoms with Gasteiger partial charge in [-0.3, -0.25) is 4.79 Å². The molecule has 0 saturated heterocycles. The molecule has 0 aromatic heterocycles. The van der Waals surface area contributed by atoms with Crippen molar-refractivity contribution in [2.45, 2.75) is 25.8 Å². The van der Waals surface area contributed by atoms with Crippen molar-refractivity contribution in [3.63, 3.8) is 0 Å². The summed E-state index contributed by atoms with van der Waals surface area (Å²) in [5.41, 5.74) is 6.84. The van der Waals surface area contributed by atoms with Crippen molar-refractivity contribution in [3.05, 3.63) is 29.8 Å². The van der Waals surface area contributed by atoms with Crippen LogP contribution in [-0.4, -0.2) is 19.6 Å². The molecule has 1 amide bonds. The molecule has 1 rings (SSSR count). The van der Waals surface area contributed by atoms with E-state index in [2.05, 4.69) is 5.32 Å². The minimum Gasteiger partial charge on any atom is -0.493 e. The molecule has 0 bridgehead atoms. The Morgan fingerprint density at radius 3 is 2.82 bits per heavy atom. The van der Waals surface area contributed by atoms with Gasteiger partial charge >= 0.3 is 0 Å². The van der Waals surface area contributed by atoms with E-state index in [1.165, 1.54) is 0 Å². The minimum absolute atomic E-state index is 0.0362. The van der Waals surface area contributed by atoms with Crippen molar-refractivity contribution in [2.24, 2.45) is 5.73 Å². The van der Waals surface area contributed by atoms with E-state index in [0.717, 1.165) is 11.3 Å². The van der Waals surface area contributed by atoms with E-state index < -0.39 is 0 Å². The number of para-hydroxylation sites is 1. The van der Waals surface area contributed by atoms with E-state index in [0.29, 0.717) is 19.4 Å². The third kappa shape index (κ3) is 4.44. The van der Waals surface area contributed by atoms with Crippen LogP contribution in [0, 0.1) is 0 Å². The molecule has 0 aliphatic carbocycles. The summed E-state index contributed by atoms with van der Waals surface area (Å²) in [7, 11) is 1.63. The van der Waals surface area contributed by atoms with Crippen molar-refractivity contribution < 1.29 is 9.53 Å². The van der Waals surface area contributed by atoms with E-state index in [4.69, 9.17) is 10.5 Å². The SMILES string of the molecule is CNC(=O)CCCOc1ccccc1[C@H](C)N. The Bertz CT molecular complexity index is 364. The van der Waals surface area contributed by atoms with Crippen LogP contribution in [0.2, 0.25) is 0 Å². The average molecular weight is 236 g/mol. The van der Waals surface area contributed by atoms with E-state index >= 15 is 0 Å². The second-order valence-electron chi connectivity index (χ2n) is 3.95. The average Bonchev–Trinajstić information content (AvgIpc) is 2.34. The van der Waals surface area contributed by atoms with Crippen LogP contribution in [-0.2, 0) is 4.79 Å². The number of nitrogens with one attached hydrogen (secondary N) is 1. The van der Waals surface area contributed by atoms with Crippen molar-refractivity contribution in [1.82, 2.24) is 5.32 Å². The maximum absolute atomic E-state index is 11.0. The predicted octanol–water partition coefficient (Wildman–Crippen LogP) is 1.61. The number of carbonyl (C=O) groups excluding carboxylic acids is 1. The number of benzene rings is 1. The summed E-state index contributed by atoms with van der Waals surface area (Å²) in [5.74, 6) is 0.841. The highest BCUT2D eigenvalue weighted by Gasteiger charge is 2.07. The van der Waals surface area contributed by atoms with Crippen LogP contribution in [0.25, 0.3) is 0 Å². The summed E-state index contributed by atoms with van der Waals surface area (Å²) < 4.78 is 5.63. The summed E-state index contributed by atoms with van der Waals surface area (Å²) in [6.45, 7) is 2.45. The molecule has 0 radical (unpaired) electrons. The van der Waals surface area contributed by atoms with Crippen molar-refractivity contribution in [1.29, 1.82) is 0 Å². The van der Waals surface area contributed by atoms with Gasteiger partial charge in [0.05, 0.1) is 6.61 Å². The van der Waals surface area contributed by atoms with Gasteiger partial charge in [0.2, 0.25) is 5.91 Å². The van der Waals surface area contributed by atoms with Crippen LogP contribution in [0.15, 0.2) is 24.3 Å². The van der Waals surface area contributed by atoms with Crippen molar-refractivity contribution in [2.75, 3.05) is 13.7 Å². The number of hydrogen-bond donors (Lipinski definition) is 2. The molecule has 4 nitrogen and oxygen atoms in total. The Morgan fingerprint density at radius 2 is 2.18 bits per heavy atom. The molecular formula is C13H20N2O2. The van der Waals surface area contributed by atoms with E-state index in [-0.39, 0.29) is 11.9 Å². The first-order valence-corrected chi connectivity index (χ1v) is 5.83. The lowest BCUT2D eigenvalue weighted by molar-refractivity contribution is -0.120. The fourth-order valence-electron chi connectivity index (χ4n) is 1.53. The van der Waals surface area contributed by atoms with Gasteiger partial charge in [-0.1, -0.05) is 18.2 Å². The van der Waals surface area contributed by atoms with Crippen LogP contribution < -0.4 is 15.8 Å². The van der Waals surface area contributed by atoms with Crippen LogP contribution in [0.3, 0.4) is 0 Å². The van der Waals surface area contributed by atoms with Crippen molar-refractivity contribution >= 4 is 5.91 Å². The molecule has 0 aliphatic heterocycles. The molecule has 0 heterocycles. The van der Waals surface area contributed by atoms with Gasteiger partial charge in [0.1, 0.15) is 5.75 Å². The molecule has 0 fully saturated rings. The van der Waals surface area contributed by atoms with Crippen LogP contribution >= 0.6 is 0 Å². The molecule has 4 heteroatoms. The maximum Gasteiger partial charge on any atom is 0.219 e. The highest BCUT2D eigenvalue weighted by atomic mass is 16.5. The van der Waals surface area contributed by atoms with Crippen LogP contribution in [0.1, 0.15) is 31.4 Å². The number of rotatable bonds is 6. The lowest BCUT2D eigenvalue weighted by Gasteiger charge is -2.13. The monoisotopic (exact) mass is 236 g/mol. The van der Waals surface area contributed by atoms with Gasteiger partial charge in [0, 0.05) is 25.1 Å². The molecule has 0 aliphatic rings. The number of carbonyl (C=O) groups is 1. The van der Waals surface area contributed by atoms with E-state index in [9.17, 15) is 4.79 Å². The number of hydrogen-bond acceptors (Lipinski definition) is 3. The molecule has 0 unspecified atom stereocenters. The summed E-state index contributed by atoms with van der Waals surface area (Å²) in [6.07, 6.45) is 1.18. The second kappa shape index (κ2) is 6.91. The molecule has 0 spiro atoms. The summed E-state index contributed by atoms with van der Waals surface area (Å²) in [6, 6.07) is 7.66. The Labute approximate surface area is 102 Å². The largest absolute Gasteiger partial charge is 0.493 e. The van der Waals surface area contributed by atoms with Crippen LogP contribution in [0.4, 0.5) is 0 Å². The molecular weight excluding hydrogens is 216 g/mol. The van der Waals surface area contributed by atoms with Gasteiger partial charge in [-0.05, 0) is 19.4 Å². The molecule has 1 atom stereocenters. The van der Waals surface area contributed by atoms with Crippen molar-refractivity contribution in [3.8, 4) is 5.75 Å². The van der Waals surface area contributed by atoms with Gasteiger partial charge in [0.25, 0.3) is 0 Å². The van der Waals surface area contributed by atoms with Gasteiger partial charge in [-0.2, -0.15) is 0 Å². The zero-order valence-electron chi connectivity index (χ0n) is 10.4. The Morgan fingerprint density at radius 1 is 1.47 bits per heavy atom. The molecule has 0 saturated carbocycles. The molecule has 94 valence electrons. The molecule has 1 aromatic carbocycles. The summed E-state index contributed by atoms with van der Waals surface area (Å²) in [4.78, 5) is 11.0. The summed E-state index contributed by atoms with van der Waals surface area (Å²) in [5, 5.41) is 2.58. The second-order valence-corrected chi connectivity index (χ2v) is 3.95. The third-order valence-corrected chi connectivity index (χ3v) is 2.49. The zero-order valence-corrected chi connectivity index (χ0v) is 10.4. The topological polar surface area (TPSA) is 64.3 Å². The summed E-state index contributed by atoms with van der Waals surface area (Å²) >= 11 is 0. The molecule has 3 N–H and O–H groups in total. The van der Waals surface area contributed by atoms with Crippen LogP contribution in [0.5, 0.6) is 5.75 Å². The predicted molar refractivity (Wildman–Crippen MR) is 67.8 cm³/mol. The first-order valence-electron chi connectivity index (χ1n) is 5.83. The van der Waals surface area contributed by atoms with Gasteiger partial charge < -0.3 is 15.8 Å². The zero-order chi connectivity index (χ0) is 12.7. The highest BCUT2D eigenvalue weighted by molar-refractivity contribution is 5.75. The Kier molecular flexibility index (Phi) is 5.49.